The number of nitrogens with zero attached hydrogens (tertiary/aromatic N) is 1. The van der Waals surface area contributed by atoms with Crippen molar-refractivity contribution in [1.29, 1.82) is 0 Å². The van der Waals surface area contributed by atoms with Crippen LogP contribution in [-0.2, 0) is 9.53 Å². The average molecular weight is 214 g/mol. The van der Waals surface area contributed by atoms with Crippen molar-refractivity contribution in [3.05, 3.63) is 0 Å². The largest absolute Gasteiger partial charge is 0.364 e. The van der Waals surface area contributed by atoms with Crippen LogP contribution in [0.25, 0.3) is 0 Å². The van der Waals surface area contributed by atoms with Gasteiger partial charge < -0.3 is 15.4 Å². The number of likely N-dealkylation sites (N-methyl/N-ethyl adjacent to an activating group) is 1. The smallest absolute Gasteiger partial charge is 0.251 e. The molecule has 15 heavy (non-hydrogen) atoms. The first kappa shape index (κ1) is 12.5. The molecule has 1 heterocycles. The Balaban J connectivity index is 2.53. The van der Waals surface area contributed by atoms with Crippen LogP contribution in [0, 0.1) is 0 Å². The molecular formula is C11H22N2O2. The van der Waals surface area contributed by atoms with Crippen molar-refractivity contribution >= 4 is 5.91 Å². The summed E-state index contributed by atoms with van der Waals surface area (Å²) >= 11 is 0. The van der Waals surface area contributed by atoms with Crippen molar-refractivity contribution < 1.29 is 9.53 Å². The lowest BCUT2D eigenvalue weighted by atomic mass is 10.1. The first-order valence-corrected chi connectivity index (χ1v) is 5.76. The summed E-state index contributed by atoms with van der Waals surface area (Å²) in [5.41, 5.74) is 5.51. The Morgan fingerprint density at radius 2 is 2.20 bits per heavy atom. The summed E-state index contributed by atoms with van der Waals surface area (Å²) < 4.78 is 5.59. The number of nitrogens with two attached hydrogens (primary N) is 1. The van der Waals surface area contributed by atoms with E-state index in [0.717, 1.165) is 19.4 Å². The summed E-state index contributed by atoms with van der Waals surface area (Å²) in [5, 5.41) is 0. The third-order valence-electron chi connectivity index (χ3n) is 2.89. The highest BCUT2D eigenvalue weighted by Crippen LogP contribution is 2.21. The summed E-state index contributed by atoms with van der Waals surface area (Å²) in [5.74, 6) is 0.114. The summed E-state index contributed by atoms with van der Waals surface area (Å²) in [6.45, 7) is 7.29. The van der Waals surface area contributed by atoms with E-state index in [1.807, 2.05) is 25.7 Å². The molecule has 0 unspecified atom stereocenters. The Morgan fingerprint density at radius 3 is 2.60 bits per heavy atom. The van der Waals surface area contributed by atoms with Gasteiger partial charge in [0.2, 0.25) is 0 Å². The van der Waals surface area contributed by atoms with Gasteiger partial charge in [0, 0.05) is 19.1 Å². The number of hydrogen-bond acceptors (Lipinski definition) is 3. The van der Waals surface area contributed by atoms with Gasteiger partial charge in [0.25, 0.3) is 5.91 Å². The van der Waals surface area contributed by atoms with Crippen LogP contribution in [0.4, 0.5) is 0 Å². The highest BCUT2D eigenvalue weighted by Gasteiger charge is 2.33. The molecule has 0 aliphatic carbocycles. The van der Waals surface area contributed by atoms with Gasteiger partial charge in [-0.25, -0.2) is 0 Å². The van der Waals surface area contributed by atoms with Crippen LogP contribution >= 0.6 is 0 Å². The third-order valence-corrected chi connectivity index (χ3v) is 2.89. The van der Waals surface area contributed by atoms with Crippen LogP contribution < -0.4 is 5.73 Å². The zero-order valence-corrected chi connectivity index (χ0v) is 9.90. The van der Waals surface area contributed by atoms with Gasteiger partial charge in [-0.3, -0.25) is 4.79 Å². The molecule has 0 saturated carbocycles. The van der Waals surface area contributed by atoms with Crippen molar-refractivity contribution in [2.75, 3.05) is 13.1 Å². The molecule has 1 fully saturated rings. The standard InChI is InChI=1S/C11H22N2O2/c1-4-13(8(2)3)11(14)10-6-5-9(7-12)15-10/h8-10H,4-7,12H2,1-3H3/t9-,10+/m1/s1. The van der Waals surface area contributed by atoms with Gasteiger partial charge in [0.1, 0.15) is 6.10 Å². The fourth-order valence-corrected chi connectivity index (χ4v) is 2.02. The molecular weight excluding hydrogens is 192 g/mol. The van der Waals surface area contributed by atoms with Gasteiger partial charge in [0.15, 0.2) is 0 Å². The second-order valence-corrected chi connectivity index (χ2v) is 4.28. The van der Waals surface area contributed by atoms with Crippen LogP contribution in [0.2, 0.25) is 0 Å². The second kappa shape index (κ2) is 5.47. The lowest BCUT2D eigenvalue weighted by Gasteiger charge is -2.27. The predicted octanol–water partition coefficient (Wildman–Crippen LogP) is 0.750. The van der Waals surface area contributed by atoms with Crippen LogP contribution in [0.1, 0.15) is 33.6 Å². The van der Waals surface area contributed by atoms with Crippen LogP contribution in [0.3, 0.4) is 0 Å². The number of ether oxygens (including phenoxy) is 1. The molecule has 0 radical (unpaired) electrons. The monoisotopic (exact) mass is 214 g/mol. The van der Waals surface area contributed by atoms with Crippen LogP contribution in [0.5, 0.6) is 0 Å². The van der Waals surface area contributed by atoms with Gasteiger partial charge in [0.05, 0.1) is 6.10 Å². The Bertz CT molecular complexity index is 219. The highest BCUT2D eigenvalue weighted by molar-refractivity contribution is 5.81. The van der Waals surface area contributed by atoms with Gasteiger partial charge in [-0.1, -0.05) is 0 Å². The first-order valence-electron chi connectivity index (χ1n) is 5.76. The van der Waals surface area contributed by atoms with E-state index < -0.39 is 0 Å². The zero-order chi connectivity index (χ0) is 11.4. The minimum absolute atomic E-state index is 0.0739. The van der Waals surface area contributed by atoms with Crippen molar-refractivity contribution in [2.45, 2.75) is 51.9 Å². The van der Waals surface area contributed by atoms with Crippen molar-refractivity contribution in [3.8, 4) is 0 Å². The molecule has 1 aliphatic rings. The first-order chi connectivity index (χ1) is 7.10. The predicted molar refractivity (Wildman–Crippen MR) is 59.5 cm³/mol. The molecule has 0 aromatic rings. The van der Waals surface area contributed by atoms with Crippen LogP contribution in [-0.4, -0.2) is 42.1 Å². The quantitative estimate of drug-likeness (QED) is 0.751. The molecule has 2 N–H and O–H groups in total. The van der Waals surface area contributed by atoms with Crippen molar-refractivity contribution in [2.24, 2.45) is 5.73 Å². The third kappa shape index (κ3) is 2.92. The van der Waals surface area contributed by atoms with E-state index in [1.165, 1.54) is 0 Å². The Morgan fingerprint density at radius 1 is 1.53 bits per heavy atom. The molecule has 88 valence electrons. The molecule has 0 aromatic heterocycles. The maximum Gasteiger partial charge on any atom is 0.251 e. The fraction of sp³-hybridized carbons (Fsp3) is 0.909. The molecule has 1 amide bonds. The molecule has 0 bridgehead atoms. The summed E-state index contributed by atoms with van der Waals surface area (Å²) in [4.78, 5) is 13.9. The topological polar surface area (TPSA) is 55.6 Å². The summed E-state index contributed by atoms with van der Waals surface area (Å²) in [6.07, 6.45) is 1.53. The minimum Gasteiger partial charge on any atom is -0.364 e. The second-order valence-electron chi connectivity index (χ2n) is 4.28. The summed E-state index contributed by atoms with van der Waals surface area (Å²) in [7, 11) is 0. The Hall–Kier alpha value is -0.610. The van der Waals surface area contributed by atoms with E-state index in [9.17, 15) is 4.79 Å². The van der Waals surface area contributed by atoms with E-state index >= 15 is 0 Å². The van der Waals surface area contributed by atoms with Gasteiger partial charge in [-0.15, -0.1) is 0 Å². The molecule has 0 aromatic carbocycles. The maximum atomic E-state index is 12.0. The normalized spacial score (nSPS) is 25.9. The van der Waals surface area contributed by atoms with Crippen LogP contribution in [0.15, 0.2) is 0 Å². The van der Waals surface area contributed by atoms with Crippen molar-refractivity contribution in [1.82, 2.24) is 4.90 Å². The van der Waals surface area contributed by atoms with E-state index in [0.29, 0.717) is 6.54 Å². The number of carbonyl (C=O) groups is 1. The van der Waals surface area contributed by atoms with Gasteiger partial charge in [-0.2, -0.15) is 0 Å². The van der Waals surface area contributed by atoms with Gasteiger partial charge >= 0.3 is 0 Å². The number of rotatable bonds is 4. The molecule has 2 atom stereocenters. The SMILES string of the molecule is CCN(C(=O)[C@@H]1CC[C@H](CN)O1)C(C)C. The maximum absolute atomic E-state index is 12.0. The molecule has 1 rings (SSSR count). The lowest BCUT2D eigenvalue weighted by Crippen LogP contribution is -2.43. The number of hydrogen-bond donors (Lipinski definition) is 1. The molecule has 4 nitrogen and oxygen atoms in total. The number of carbonyl (C=O) groups excluding carboxylic acids is 1. The fourth-order valence-electron chi connectivity index (χ4n) is 2.02. The highest BCUT2D eigenvalue weighted by atomic mass is 16.5. The van der Waals surface area contributed by atoms with E-state index in [1.54, 1.807) is 0 Å². The average Bonchev–Trinajstić information content (AvgIpc) is 2.66. The number of amides is 1. The minimum atomic E-state index is -0.263. The Kier molecular flexibility index (Phi) is 4.54. The van der Waals surface area contributed by atoms with Gasteiger partial charge in [-0.05, 0) is 33.6 Å². The summed E-state index contributed by atoms with van der Waals surface area (Å²) in [6, 6.07) is 0.239. The van der Waals surface area contributed by atoms with E-state index in [-0.39, 0.29) is 24.2 Å². The van der Waals surface area contributed by atoms with E-state index in [2.05, 4.69) is 0 Å². The van der Waals surface area contributed by atoms with E-state index in [4.69, 9.17) is 10.5 Å². The molecule has 1 saturated heterocycles. The Labute approximate surface area is 91.8 Å². The molecule has 0 spiro atoms. The molecule has 1 aliphatic heterocycles. The molecule has 4 heteroatoms. The van der Waals surface area contributed by atoms with Crippen molar-refractivity contribution in [3.63, 3.8) is 0 Å². The lowest BCUT2D eigenvalue weighted by molar-refractivity contribution is -0.144. The zero-order valence-electron chi connectivity index (χ0n) is 9.90.